The van der Waals surface area contributed by atoms with Gasteiger partial charge in [0, 0.05) is 11.3 Å². The van der Waals surface area contributed by atoms with Gasteiger partial charge in [-0.15, -0.1) is 0 Å². The van der Waals surface area contributed by atoms with E-state index in [1.165, 1.54) is 7.11 Å². The van der Waals surface area contributed by atoms with Crippen molar-refractivity contribution < 1.29 is 14.3 Å². The fraction of sp³-hybridized carbons (Fsp3) is 0.222. The molecule has 0 aromatic heterocycles. The normalized spacial score (nSPS) is 10.2. The van der Waals surface area contributed by atoms with E-state index in [2.05, 4.69) is 5.32 Å². The molecule has 0 saturated carbocycles. The van der Waals surface area contributed by atoms with Crippen LogP contribution >= 0.6 is 0 Å². The molecule has 0 saturated heterocycles. The molecule has 0 atom stereocenters. The third kappa shape index (κ3) is 3.52. The van der Waals surface area contributed by atoms with Gasteiger partial charge in [0.25, 0.3) is 5.91 Å². The molecule has 1 N–H and O–H groups in total. The van der Waals surface area contributed by atoms with Crippen LogP contribution in [0.2, 0.25) is 0 Å². The molecule has 22 heavy (non-hydrogen) atoms. The summed E-state index contributed by atoms with van der Waals surface area (Å²) in [5.74, 6) is -0.626. The third-order valence-corrected chi connectivity index (χ3v) is 3.39. The summed E-state index contributed by atoms with van der Waals surface area (Å²) >= 11 is 0. The largest absolute Gasteiger partial charge is 0.465 e. The Morgan fingerprint density at radius 3 is 2.14 bits per heavy atom. The second kappa shape index (κ2) is 6.43. The number of rotatable bonds is 3. The highest BCUT2D eigenvalue weighted by Crippen LogP contribution is 2.19. The second-order valence-electron chi connectivity index (χ2n) is 5.35. The summed E-state index contributed by atoms with van der Waals surface area (Å²) < 4.78 is 4.70. The number of carbonyl (C=O) groups excluding carboxylic acids is 2. The Labute approximate surface area is 130 Å². The highest BCUT2D eigenvalue weighted by Gasteiger charge is 2.12. The number of ether oxygens (including phenoxy) is 1. The zero-order chi connectivity index (χ0) is 16.3. The molecule has 0 fully saturated rings. The maximum Gasteiger partial charge on any atom is 0.337 e. The minimum Gasteiger partial charge on any atom is -0.465 e. The smallest absolute Gasteiger partial charge is 0.337 e. The number of hydrogen-bond acceptors (Lipinski definition) is 3. The molecule has 114 valence electrons. The average Bonchev–Trinajstić information content (AvgIpc) is 2.47. The van der Waals surface area contributed by atoms with Crippen molar-refractivity contribution in [1.82, 2.24) is 0 Å². The van der Waals surface area contributed by atoms with Crippen LogP contribution in [0.25, 0.3) is 0 Å². The van der Waals surface area contributed by atoms with Crippen molar-refractivity contribution in [2.75, 3.05) is 12.4 Å². The van der Waals surface area contributed by atoms with Crippen molar-refractivity contribution in [1.29, 1.82) is 0 Å². The molecule has 2 rings (SSSR count). The van der Waals surface area contributed by atoms with Crippen molar-refractivity contribution in [3.63, 3.8) is 0 Å². The van der Waals surface area contributed by atoms with Crippen LogP contribution in [0.15, 0.2) is 36.4 Å². The van der Waals surface area contributed by atoms with Gasteiger partial charge in [-0.2, -0.15) is 0 Å². The van der Waals surface area contributed by atoms with E-state index in [4.69, 9.17) is 4.74 Å². The molecular weight excluding hydrogens is 278 g/mol. The topological polar surface area (TPSA) is 55.4 Å². The van der Waals surface area contributed by atoms with Crippen molar-refractivity contribution >= 4 is 17.6 Å². The van der Waals surface area contributed by atoms with Crippen LogP contribution in [0.3, 0.4) is 0 Å². The molecular formula is C18H19NO3. The molecule has 2 aromatic carbocycles. The first-order chi connectivity index (χ1) is 10.4. The number of nitrogens with one attached hydrogen (secondary N) is 1. The van der Waals surface area contributed by atoms with Crippen LogP contribution in [-0.2, 0) is 4.74 Å². The van der Waals surface area contributed by atoms with E-state index in [9.17, 15) is 9.59 Å². The Kier molecular flexibility index (Phi) is 4.61. The summed E-state index contributed by atoms with van der Waals surface area (Å²) in [6.45, 7) is 5.78. The van der Waals surface area contributed by atoms with Crippen LogP contribution in [0.5, 0.6) is 0 Å². The van der Waals surface area contributed by atoms with E-state index >= 15 is 0 Å². The summed E-state index contributed by atoms with van der Waals surface area (Å²) in [6.07, 6.45) is 0. The van der Waals surface area contributed by atoms with E-state index in [0.29, 0.717) is 16.8 Å². The number of hydrogen-bond donors (Lipinski definition) is 1. The SMILES string of the molecule is COC(=O)c1ccc(C)c(NC(=O)c2cc(C)cc(C)c2)c1. The van der Waals surface area contributed by atoms with E-state index in [0.717, 1.165) is 16.7 Å². The van der Waals surface area contributed by atoms with E-state index in [1.54, 1.807) is 18.2 Å². The summed E-state index contributed by atoms with van der Waals surface area (Å²) in [5, 5.41) is 2.85. The number of benzene rings is 2. The Hall–Kier alpha value is -2.62. The van der Waals surface area contributed by atoms with E-state index < -0.39 is 5.97 Å². The van der Waals surface area contributed by atoms with Gasteiger partial charge < -0.3 is 10.1 Å². The summed E-state index contributed by atoms with van der Waals surface area (Å²) in [5.41, 5.74) is 4.55. The van der Waals surface area contributed by atoms with E-state index in [1.807, 2.05) is 39.0 Å². The maximum absolute atomic E-state index is 12.4. The fourth-order valence-electron chi connectivity index (χ4n) is 2.30. The van der Waals surface area contributed by atoms with Gasteiger partial charge in [-0.1, -0.05) is 23.3 Å². The molecule has 0 radical (unpaired) electrons. The lowest BCUT2D eigenvalue weighted by Gasteiger charge is -2.11. The van der Waals surface area contributed by atoms with Crippen LogP contribution in [0.1, 0.15) is 37.4 Å². The van der Waals surface area contributed by atoms with Gasteiger partial charge in [-0.05, 0) is 50.6 Å². The average molecular weight is 297 g/mol. The molecule has 0 aliphatic heterocycles. The lowest BCUT2D eigenvalue weighted by atomic mass is 10.1. The monoisotopic (exact) mass is 297 g/mol. The minimum absolute atomic E-state index is 0.197. The van der Waals surface area contributed by atoms with Gasteiger partial charge in [0.05, 0.1) is 12.7 Å². The molecule has 4 heteroatoms. The summed E-state index contributed by atoms with van der Waals surface area (Å²) in [4.78, 5) is 24.0. The number of anilines is 1. The van der Waals surface area contributed by atoms with Gasteiger partial charge in [-0.3, -0.25) is 4.79 Å². The van der Waals surface area contributed by atoms with Crippen molar-refractivity contribution in [3.05, 3.63) is 64.2 Å². The zero-order valence-electron chi connectivity index (χ0n) is 13.2. The zero-order valence-corrected chi connectivity index (χ0v) is 13.2. The Morgan fingerprint density at radius 2 is 1.55 bits per heavy atom. The van der Waals surface area contributed by atoms with Crippen LogP contribution in [0.4, 0.5) is 5.69 Å². The number of aryl methyl sites for hydroxylation is 3. The number of esters is 1. The predicted octanol–water partition coefficient (Wildman–Crippen LogP) is 3.65. The van der Waals surface area contributed by atoms with Gasteiger partial charge in [0.15, 0.2) is 0 Å². The first-order valence-corrected chi connectivity index (χ1v) is 6.99. The molecule has 4 nitrogen and oxygen atoms in total. The first-order valence-electron chi connectivity index (χ1n) is 6.99. The first kappa shape index (κ1) is 15.8. The molecule has 0 aliphatic rings. The molecule has 0 spiro atoms. The molecule has 2 aromatic rings. The van der Waals surface area contributed by atoms with Crippen LogP contribution in [0, 0.1) is 20.8 Å². The molecule has 0 heterocycles. The fourth-order valence-corrected chi connectivity index (χ4v) is 2.30. The van der Waals surface area contributed by atoms with Crippen molar-refractivity contribution in [2.45, 2.75) is 20.8 Å². The number of carbonyl (C=O) groups is 2. The lowest BCUT2D eigenvalue weighted by Crippen LogP contribution is -2.14. The second-order valence-corrected chi connectivity index (χ2v) is 5.35. The Morgan fingerprint density at radius 1 is 0.909 bits per heavy atom. The van der Waals surface area contributed by atoms with Crippen molar-refractivity contribution in [3.8, 4) is 0 Å². The summed E-state index contributed by atoms with van der Waals surface area (Å²) in [7, 11) is 1.33. The standard InChI is InChI=1S/C18H19NO3/c1-11-7-12(2)9-15(8-11)17(20)19-16-10-14(18(21)22-4)6-5-13(16)3/h5-10H,1-4H3,(H,19,20). The maximum atomic E-state index is 12.4. The highest BCUT2D eigenvalue weighted by molar-refractivity contribution is 6.05. The van der Waals surface area contributed by atoms with Gasteiger partial charge >= 0.3 is 5.97 Å². The van der Waals surface area contributed by atoms with Gasteiger partial charge in [0.1, 0.15) is 0 Å². The molecule has 0 bridgehead atoms. The van der Waals surface area contributed by atoms with Crippen molar-refractivity contribution in [2.24, 2.45) is 0 Å². The Bertz CT molecular complexity index is 715. The van der Waals surface area contributed by atoms with Gasteiger partial charge in [0.2, 0.25) is 0 Å². The lowest BCUT2D eigenvalue weighted by molar-refractivity contribution is 0.0600. The quantitative estimate of drug-likeness (QED) is 0.880. The number of methoxy groups -OCH3 is 1. The third-order valence-electron chi connectivity index (χ3n) is 3.39. The number of amides is 1. The molecule has 1 amide bonds. The highest BCUT2D eigenvalue weighted by atomic mass is 16.5. The van der Waals surface area contributed by atoms with Gasteiger partial charge in [-0.25, -0.2) is 4.79 Å². The van der Waals surface area contributed by atoms with Crippen LogP contribution in [-0.4, -0.2) is 19.0 Å². The minimum atomic E-state index is -0.429. The predicted molar refractivity (Wildman–Crippen MR) is 86.4 cm³/mol. The molecule has 0 unspecified atom stereocenters. The summed E-state index contributed by atoms with van der Waals surface area (Å²) in [6, 6.07) is 10.8. The molecule has 0 aliphatic carbocycles. The van der Waals surface area contributed by atoms with Crippen LogP contribution < -0.4 is 5.32 Å². The van der Waals surface area contributed by atoms with E-state index in [-0.39, 0.29) is 5.91 Å². The Balaban J connectivity index is 2.29.